The Morgan fingerprint density at radius 1 is 0.927 bits per heavy atom. The number of pyridine rings is 2. The summed E-state index contributed by atoms with van der Waals surface area (Å²) >= 11 is 1.33. The number of aryl methyl sites for hydroxylation is 1. The Balaban J connectivity index is 1.25. The molecule has 0 atom stereocenters. The van der Waals surface area contributed by atoms with Gasteiger partial charge in [-0.1, -0.05) is 6.07 Å². The third-order valence-electron chi connectivity index (χ3n) is 6.54. The summed E-state index contributed by atoms with van der Waals surface area (Å²) in [6.07, 6.45) is 7.73. The monoisotopic (exact) mass is 566 g/mol. The summed E-state index contributed by atoms with van der Waals surface area (Å²) in [4.78, 5) is 18.1. The number of benzene rings is 2. The molecular weight excluding hydrogens is 539 g/mol. The predicted octanol–water partition coefficient (Wildman–Crippen LogP) is 6.52. The fourth-order valence-electron chi connectivity index (χ4n) is 4.61. The number of anilines is 3. The molecule has 6 rings (SSSR count). The van der Waals surface area contributed by atoms with Gasteiger partial charge in [-0.2, -0.15) is 5.10 Å². The maximum Gasteiger partial charge on any atom is 0.233 e. The van der Waals surface area contributed by atoms with Gasteiger partial charge in [0.05, 0.1) is 41.9 Å². The smallest absolute Gasteiger partial charge is 0.233 e. The summed E-state index contributed by atoms with van der Waals surface area (Å²) in [6.45, 7) is 6.03. The van der Waals surface area contributed by atoms with Crippen molar-refractivity contribution in [2.24, 2.45) is 0 Å². The van der Waals surface area contributed by atoms with Gasteiger partial charge in [-0.3, -0.25) is 14.4 Å². The van der Waals surface area contributed by atoms with E-state index in [1.807, 2.05) is 59.5 Å². The molecule has 4 aromatic heterocycles. The fourth-order valence-corrected chi connectivity index (χ4v) is 5.20. The van der Waals surface area contributed by atoms with Crippen molar-refractivity contribution in [3.63, 3.8) is 0 Å². The van der Waals surface area contributed by atoms with Crippen molar-refractivity contribution < 1.29 is 9.50 Å². The summed E-state index contributed by atoms with van der Waals surface area (Å²) in [6, 6.07) is 15.9. The SMILES string of the molecule is Cc1c(-c2nccc3cnc(Nc4ccc(SNc5ncc(F)cn5)cc4)cc23)ccc2c1cnn2CC(C)(C)O. The zero-order valence-corrected chi connectivity index (χ0v) is 23.4. The maximum absolute atomic E-state index is 13.0. The van der Waals surface area contributed by atoms with Crippen molar-refractivity contribution in [3.05, 3.63) is 90.9 Å². The van der Waals surface area contributed by atoms with E-state index in [2.05, 4.69) is 43.1 Å². The molecule has 11 heteroatoms. The molecule has 2 aromatic carbocycles. The highest BCUT2D eigenvalue weighted by Crippen LogP contribution is 2.34. The normalized spacial score (nSPS) is 11.7. The van der Waals surface area contributed by atoms with Gasteiger partial charge in [-0.05, 0) is 80.7 Å². The molecule has 9 nitrogen and oxygen atoms in total. The molecule has 0 amide bonds. The molecule has 0 saturated heterocycles. The second-order valence-corrected chi connectivity index (χ2v) is 11.2. The Bertz CT molecular complexity index is 1850. The number of fused-ring (bicyclic) bond motifs is 2. The molecule has 0 aliphatic heterocycles. The van der Waals surface area contributed by atoms with Crippen LogP contribution in [0.2, 0.25) is 0 Å². The number of hydrogen-bond acceptors (Lipinski definition) is 9. The Labute approximate surface area is 240 Å². The number of rotatable bonds is 8. The molecule has 0 radical (unpaired) electrons. The van der Waals surface area contributed by atoms with E-state index < -0.39 is 11.4 Å². The summed E-state index contributed by atoms with van der Waals surface area (Å²) < 4.78 is 17.8. The maximum atomic E-state index is 13.0. The van der Waals surface area contributed by atoms with Crippen LogP contribution in [0.25, 0.3) is 32.9 Å². The zero-order valence-electron chi connectivity index (χ0n) is 22.6. The fraction of sp³-hybridized carbons (Fsp3) is 0.167. The minimum absolute atomic E-state index is 0.334. The summed E-state index contributed by atoms with van der Waals surface area (Å²) in [7, 11) is 0. The molecule has 3 N–H and O–H groups in total. The third kappa shape index (κ3) is 5.81. The van der Waals surface area contributed by atoms with Crippen LogP contribution < -0.4 is 10.0 Å². The molecule has 0 fully saturated rings. The van der Waals surface area contributed by atoms with Crippen molar-refractivity contribution in [2.45, 2.75) is 37.8 Å². The van der Waals surface area contributed by atoms with E-state index >= 15 is 0 Å². The van der Waals surface area contributed by atoms with Crippen LogP contribution in [0.4, 0.5) is 21.8 Å². The lowest BCUT2D eigenvalue weighted by atomic mass is 9.98. The van der Waals surface area contributed by atoms with Crippen LogP contribution in [0.15, 0.2) is 84.4 Å². The average molecular weight is 567 g/mol. The molecule has 0 unspecified atom stereocenters. The van der Waals surface area contributed by atoms with Crippen LogP contribution in [0.3, 0.4) is 0 Å². The first-order valence-corrected chi connectivity index (χ1v) is 13.8. The van der Waals surface area contributed by atoms with Crippen LogP contribution >= 0.6 is 11.9 Å². The van der Waals surface area contributed by atoms with Crippen LogP contribution in [0, 0.1) is 12.7 Å². The number of hydrogen-bond donors (Lipinski definition) is 3. The average Bonchev–Trinajstić information content (AvgIpc) is 3.35. The topological polar surface area (TPSA) is 114 Å². The molecule has 0 aliphatic rings. The van der Waals surface area contributed by atoms with Gasteiger partial charge in [0.2, 0.25) is 5.95 Å². The summed E-state index contributed by atoms with van der Waals surface area (Å²) in [5.41, 5.74) is 3.93. The van der Waals surface area contributed by atoms with Gasteiger partial charge in [0.25, 0.3) is 0 Å². The first-order chi connectivity index (χ1) is 19.7. The number of aromatic nitrogens is 6. The lowest BCUT2D eigenvalue weighted by Crippen LogP contribution is -2.26. The van der Waals surface area contributed by atoms with Crippen LogP contribution in [0.1, 0.15) is 19.4 Å². The first-order valence-electron chi connectivity index (χ1n) is 12.9. The van der Waals surface area contributed by atoms with Crippen molar-refractivity contribution in [2.75, 3.05) is 10.0 Å². The van der Waals surface area contributed by atoms with Crippen molar-refractivity contribution in [3.8, 4) is 11.3 Å². The Morgan fingerprint density at radius 2 is 1.71 bits per heavy atom. The third-order valence-corrected chi connectivity index (χ3v) is 7.34. The van der Waals surface area contributed by atoms with Gasteiger partial charge in [0.1, 0.15) is 5.82 Å². The van der Waals surface area contributed by atoms with E-state index in [0.717, 1.165) is 61.5 Å². The highest BCUT2D eigenvalue weighted by molar-refractivity contribution is 8.00. The van der Waals surface area contributed by atoms with E-state index in [4.69, 9.17) is 4.98 Å². The van der Waals surface area contributed by atoms with Crippen LogP contribution in [-0.2, 0) is 6.54 Å². The molecule has 4 heterocycles. The molecule has 0 aliphatic carbocycles. The van der Waals surface area contributed by atoms with Crippen molar-refractivity contribution >= 4 is 51.1 Å². The Kier molecular flexibility index (Phi) is 6.98. The van der Waals surface area contributed by atoms with E-state index in [1.165, 1.54) is 11.9 Å². The van der Waals surface area contributed by atoms with E-state index in [0.29, 0.717) is 18.3 Å². The Morgan fingerprint density at radius 3 is 2.46 bits per heavy atom. The minimum atomic E-state index is -0.867. The number of halogens is 1. The molecule has 41 heavy (non-hydrogen) atoms. The lowest BCUT2D eigenvalue weighted by molar-refractivity contribution is 0.0591. The summed E-state index contributed by atoms with van der Waals surface area (Å²) in [5.74, 6) is 0.551. The van der Waals surface area contributed by atoms with Crippen molar-refractivity contribution in [1.29, 1.82) is 0 Å². The molecule has 0 bridgehead atoms. The van der Waals surface area contributed by atoms with Crippen LogP contribution in [0.5, 0.6) is 0 Å². The molecule has 206 valence electrons. The van der Waals surface area contributed by atoms with Gasteiger partial charge in [0, 0.05) is 44.7 Å². The zero-order chi connectivity index (χ0) is 28.6. The standard InChI is InChI=1S/C30H27FN8OS/c1-18-23(8-9-26-25(18)16-36-39(26)17-30(2,3)40)28-24-12-27(33-13-19(24)10-11-32-28)37-21-4-6-22(7-5-21)41-38-29-34-14-20(31)15-35-29/h4-16,40H,17H2,1-3H3,(H,33,37)(H,34,35,38). The van der Waals surface area contributed by atoms with Gasteiger partial charge in [-0.25, -0.2) is 19.3 Å². The van der Waals surface area contributed by atoms with E-state index in [-0.39, 0.29) is 0 Å². The number of nitrogens with zero attached hydrogens (tertiary/aromatic N) is 6. The quantitative estimate of drug-likeness (QED) is 0.177. The van der Waals surface area contributed by atoms with Crippen LogP contribution in [-0.4, -0.2) is 40.4 Å². The molecular formula is C30H27FN8OS. The first kappa shape index (κ1) is 26.6. The minimum Gasteiger partial charge on any atom is -0.389 e. The second-order valence-electron chi connectivity index (χ2n) is 10.3. The van der Waals surface area contributed by atoms with Gasteiger partial charge in [0.15, 0.2) is 5.82 Å². The number of nitrogens with one attached hydrogen (secondary N) is 2. The van der Waals surface area contributed by atoms with E-state index in [9.17, 15) is 9.50 Å². The summed E-state index contributed by atoms with van der Waals surface area (Å²) in [5, 5.41) is 21.2. The van der Waals surface area contributed by atoms with Gasteiger partial charge < -0.3 is 10.4 Å². The second kappa shape index (κ2) is 10.8. The van der Waals surface area contributed by atoms with Gasteiger partial charge in [-0.15, -0.1) is 0 Å². The molecule has 0 spiro atoms. The Hall–Kier alpha value is -4.61. The van der Waals surface area contributed by atoms with Gasteiger partial charge >= 0.3 is 0 Å². The van der Waals surface area contributed by atoms with Crippen molar-refractivity contribution in [1.82, 2.24) is 29.7 Å². The largest absolute Gasteiger partial charge is 0.389 e. The highest BCUT2D eigenvalue weighted by atomic mass is 32.2. The highest BCUT2D eigenvalue weighted by Gasteiger charge is 2.18. The van der Waals surface area contributed by atoms with E-state index in [1.54, 1.807) is 20.0 Å². The lowest BCUT2D eigenvalue weighted by Gasteiger charge is -2.18. The predicted molar refractivity (Wildman–Crippen MR) is 160 cm³/mol. The molecule has 6 aromatic rings. The molecule has 0 saturated carbocycles. The number of aliphatic hydroxyl groups is 1.